The molecule has 8 nitrogen and oxygen atoms in total. The van der Waals surface area contributed by atoms with Gasteiger partial charge in [-0.2, -0.15) is 0 Å². The quantitative estimate of drug-likeness (QED) is 0.647. The molecule has 0 aliphatic rings. The fourth-order valence-electron chi connectivity index (χ4n) is 2.32. The number of sulfonamides is 1. The van der Waals surface area contributed by atoms with E-state index < -0.39 is 38.4 Å². The molecule has 2 N–H and O–H groups in total. The standard InChI is InChI=1S/C18H16FN3O5S/c1-10-3-5-12(6-4-10)17-22-21-16(27-17)11(2)26-18(23)14-9-13(28(20,24)25)7-8-15(14)19/h3-9,11H,1-2H3,(H2,20,24,25)/t11-/m1/s1. The second-order valence-electron chi connectivity index (χ2n) is 6.05. The Morgan fingerprint density at radius 1 is 1.18 bits per heavy atom. The lowest BCUT2D eigenvalue weighted by Gasteiger charge is -2.10. The van der Waals surface area contributed by atoms with Crippen LogP contribution in [0.2, 0.25) is 0 Å². The predicted octanol–water partition coefficient (Wildman–Crippen LogP) is 2.75. The number of halogens is 1. The van der Waals surface area contributed by atoms with Crippen molar-refractivity contribution in [3.05, 3.63) is 65.3 Å². The monoisotopic (exact) mass is 405 g/mol. The molecule has 0 fully saturated rings. The number of benzene rings is 2. The molecule has 0 saturated heterocycles. The first-order valence-electron chi connectivity index (χ1n) is 8.09. The van der Waals surface area contributed by atoms with E-state index in [2.05, 4.69) is 10.2 Å². The smallest absolute Gasteiger partial charge is 0.341 e. The number of hydrogen-bond donors (Lipinski definition) is 1. The van der Waals surface area contributed by atoms with Gasteiger partial charge < -0.3 is 9.15 Å². The van der Waals surface area contributed by atoms with E-state index in [1.807, 2.05) is 19.1 Å². The van der Waals surface area contributed by atoms with Crippen molar-refractivity contribution in [1.29, 1.82) is 0 Å². The van der Waals surface area contributed by atoms with Crippen LogP contribution in [0, 0.1) is 12.7 Å². The number of carbonyl (C=O) groups excluding carboxylic acids is 1. The Balaban J connectivity index is 1.79. The van der Waals surface area contributed by atoms with Crippen LogP contribution in [0.15, 0.2) is 51.8 Å². The Bertz CT molecular complexity index is 1130. The van der Waals surface area contributed by atoms with Gasteiger partial charge in [0.05, 0.1) is 10.5 Å². The lowest BCUT2D eigenvalue weighted by Crippen LogP contribution is -2.15. The summed E-state index contributed by atoms with van der Waals surface area (Å²) in [5.41, 5.74) is 1.18. The summed E-state index contributed by atoms with van der Waals surface area (Å²) in [6, 6.07) is 9.95. The molecular weight excluding hydrogens is 389 g/mol. The number of rotatable bonds is 5. The van der Waals surface area contributed by atoms with Crippen molar-refractivity contribution in [2.24, 2.45) is 5.14 Å². The molecule has 0 aliphatic heterocycles. The average molecular weight is 405 g/mol. The number of carbonyl (C=O) groups is 1. The first-order valence-corrected chi connectivity index (χ1v) is 9.63. The minimum absolute atomic E-state index is 0.00642. The second-order valence-corrected chi connectivity index (χ2v) is 7.61. The highest BCUT2D eigenvalue weighted by atomic mass is 32.2. The number of aromatic nitrogens is 2. The van der Waals surface area contributed by atoms with E-state index in [-0.39, 0.29) is 11.8 Å². The number of nitrogens with two attached hydrogens (primary N) is 1. The van der Waals surface area contributed by atoms with Crippen molar-refractivity contribution in [2.45, 2.75) is 24.8 Å². The zero-order chi connectivity index (χ0) is 20.5. The van der Waals surface area contributed by atoms with Crippen LogP contribution in [0.25, 0.3) is 11.5 Å². The molecule has 0 spiro atoms. The van der Waals surface area contributed by atoms with E-state index in [4.69, 9.17) is 14.3 Å². The molecule has 0 saturated carbocycles. The highest BCUT2D eigenvalue weighted by molar-refractivity contribution is 7.89. The minimum Gasteiger partial charge on any atom is -0.449 e. The molecule has 28 heavy (non-hydrogen) atoms. The zero-order valence-corrected chi connectivity index (χ0v) is 15.7. The number of esters is 1. The van der Waals surface area contributed by atoms with Crippen molar-refractivity contribution >= 4 is 16.0 Å². The molecule has 2 aromatic carbocycles. The predicted molar refractivity (Wildman–Crippen MR) is 96.1 cm³/mol. The maximum Gasteiger partial charge on any atom is 0.341 e. The molecule has 146 valence electrons. The number of primary sulfonamides is 1. The van der Waals surface area contributed by atoms with Gasteiger partial charge >= 0.3 is 5.97 Å². The Labute approximate surface area is 160 Å². The molecule has 3 rings (SSSR count). The molecule has 0 aliphatic carbocycles. The Kier molecular flexibility index (Phi) is 5.25. The Morgan fingerprint density at radius 3 is 2.50 bits per heavy atom. The van der Waals surface area contributed by atoms with E-state index in [1.54, 1.807) is 12.1 Å². The van der Waals surface area contributed by atoms with Gasteiger partial charge in [-0.1, -0.05) is 17.7 Å². The van der Waals surface area contributed by atoms with E-state index in [1.165, 1.54) is 6.92 Å². The van der Waals surface area contributed by atoms with Gasteiger partial charge in [0.1, 0.15) is 5.82 Å². The van der Waals surface area contributed by atoms with Crippen molar-refractivity contribution in [1.82, 2.24) is 10.2 Å². The van der Waals surface area contributed by atoms with E-state index in [9.17, 15) is 17.6 Å². The summed E-state index contributed by atoms with van der Waals surface area (Å²) in [4.78, 5) is 11.8. The van der Waals surface area contributed by atoms with Gasteiger partial charge in [0.2, 0.25) is 15.9 Å². The maximum atomic E-state index is 13.9. The third-order valence-corrected chi connectivity index (χ3v) is 4.77. The van der Waals surface area contributed by atoms with Crippen LogP contribution in [-0.4, -0.2) is 24.6 Å². The molecule has 10 heteroatoms. The van der Waals surface area contributed by atoms with Gasteiger partial charge in [0.25, 0.3) is 5.89 Å². The molecule has 0 radical (unpaired) electrons. The van der Waals surface area contributed by atoms with E-state index in [0.717, 1.165) is 23.8 Å². The van der Waals surface area contributed by atoms with Crippen molar-refractivity contribution in [3.8, 4) is 11.5 Å². The van der Waals surface area contributed by atoms with Crippen molar-refractivity contribution < 1.29 is 26.8 Å². The molecule has 0 unspecified atom stereocenters. The van der Waals surface area contributed by atoms with Gasteiger partial charge in [-0.05, 0) is 44.2 Å². The summed E-state index contributed by atoms with van der Waals surface area (Å²) in [6.07, 6.45) is -0.989. The second kappa shape index (κ2) is 7.49. The summed E-state index contributed by atoms with van der Waals surface area (Å²) >= 11 is 0. The Morgan fingerprint density at radius 2 is 1.86 bits per heavy atom. The average Bonchev–Trinajstić information content (AvgIpc) is 3.12. The first kappa shape index (κ1) is 19.6. The highest BCUT2D eigenvalue weighted by Gasteiger charge is 2.23. The number of hydrogen-bond acceptors (Lipinski definition) is 7. The van der Waals surface area contributed by atoms with Gasteiger partial charge in [-0.25, -0.2) is 22.7 Å². The molecule has 1 aromatic heterocycles. The van der Waals surface area contributed by atoms with Crippen LogP contribution in [0.5, 0.6) is 0 Å². The van der Waals surface area contributed by atoms with Gasteiger partial charge in [-0.3, -0.25) is 0 Å². The summed E-state index contributed by atoms with van der Waals surface area (Å²) in [5.74, 6) is -1.80. The summed E-state index contributed by atoms with van der Waals surface area (Å²) in [6.45, 7) is 3.40. The van der Waals surface area contributed by atoms with Gasteiger partial charge in [0, 0.05) is 5.56 Å². The fourth-order valence-corrected chi connectivity index (χ4v) is 2.86. The van der Waals surface area contributed by atoms with Crippen LogP contribution in [0.3, 0.4) is 0 Å². The summed E-state index contributed by atoms with van der Waals surface area (Å²) in [5, 5.41) is 12.7. The van der Waals surface area contributed by atoms with Crippen LogP contribution >= 0.6 is 0 Å². The Hall–Kier alpha value is -3.11. The molecule has 0 bridgehead atoms. The van der Waals surface area contributed by atoms with Crippen LogP contribution in [0.4, 0.5) is 4.39 Å². The zero-order valence-electron chi connectivity index (χ0n) is 14.9. The number of nitrogens with zero attached hydrogens (tertiary/aromatic N) is 2. The highest BCUT2D eigenvalue weighted by Crippen LogP contribution is 2.24. The largest absolute Gasteiger partial charge is 0.449 e. The van der Waals surface area contributed by atoms with Crippen molar-refractivity contribution in [3.63, 3.8) is 0 Å². The summed E-state index contributed by atoms with van der Waals surface area (Å²) < 4.78 is 47.3. The minimum atomic E-state index is -4.10. The lowest BCUT2D eigenvalue weighted by atomic mass is 10.1. The van der Waals surface area contributed by atoms with E-state index in [0.29, 0.717) is 5.56 Å². The van der Waals surface area contributed by atoms with E-state index >= 15 is 0 Å². The SMILES string of the molecule is Cc1ccc(-c2nnc([C@@H](C)OC(=O)c3cc(S(N)(=O)=O)ccc3F)o2)cc1. The third kappa shape index (κ3) is 4.24. The van der Waals surface area contributed by atoms with Crippen LogP contribution in [0.1, 0.15) is 34.8 Å². The molecule has 3 aromatic rings. The number of ether oxygens (including phenoxy) is 1. The molecular formula is C18H16FN3O5S. The normalized spacial score (nSPS) is 12.6. The molecule has 1 atom stereocenters. The van der Waals surface area contributed by atoms with Gasteiger partial charge in [0.15, 0.2) is 6.10 Å². The molecule has 0 amide bonds. The maximum absolute atomic E-state index is 13.9. The lowest BCUT2D eigenvalue weighted by molar-refractivity contribution is 0.0274. The first-order chi connectivity index (χ1) is 13.1. The van der Waals surface area contributed by atoms with Crippen LogP contribution < -0.4 is 5.14 Å². The third-order valence-electron chi connectivity index (χ3n) is 3.86. The van der Waals surface area contributed by atoms with Crippen molar-refractivity contribution in [2.75, 3.05) is 0 Å². The van der Waals surface area contributed by atoms with Crippen LogP contribution in [-0.2, 0) is 14.8 Å². The number of aryl methyl sites for hydroxylation is 1. The van der Waals surface area contributed by atoms with Gasteiger partial charge in [-0.15, -0.1) is 10.2 Å². The topological polar surface area (TPSA) is 125 Å². The summed E-state index contributed by atoms with van der Waals surface area (Å²) in [7, 11) is -4.10. The molecule has 1 heterocycles. The fraction of sp³-hybridized carbons (Fsp3) is 0.167.